The van der Waals surface area contributed by atoms with Crippen molar-refractivity contribution in [2.45, 2.75) is 44.6 Å². The van der Waals surface area contributed by atoms with Crippen LogP contribution in [-0.4, -0.2) is 27.8 Å². The predicted octanol–water partition coefficient (Wildman–Crippen LogP) is 2.52. The maximum Gasteiger partial charge on any atom is 0.331 e. The second kappa shape index (κ2) is 5.55. The Hall–Kier alpha value is -2.17. The molecule has 1 aliphatic heterocycles. The number of likely N-dealkylation sites (tertiary alicyclic amines) is 1. The van der Waals surface area contributed by atoms with Gasteiger partial charge in [0.25, 0.3) is 0 Å². The molecule has 1 aliphatic carbocycles. The predicted molar refractivity (Wildman–Crippen MR) is 78.8 cm³/mol. The molecule has 3 rings (SSSR count). The van der Waals surface area contributed by atoms with Crippen LogP contribution in [0, 0.1) is 5.41 Å². The molecule has 5 heteroatoms. The molecule has 1 saturated heterocycles. The summed E-state index contributed by atoms with van der Waals surface area (Å²) in [6.07, 6.45) is 4.46. The van der Waals surface area contributed by atoms with Crippen LogP contribution in [-0.2, 0) is 14.4 Å². The number of rotatable bonds is 3. The zero-order valence-corrected chi connectivity index (χ0v) is 12.3. The summed E-state index contributed by atoms with van der Waals surface area (Å²) in [5, 5.41) is 9.56. The molecule has 1 aromatic rings. The van der Waals surface area contributed by atoms with E-state index in [1.165, 1.54) is 0 Å². The summed E-state index contributed by atoms with van der Waals surface area (Å²) in [7, 11) is 0. The molecule has 2 fully saturated rings. The van der Waals surface area contributed by atoms with Gasteiger partial charge < -0.3 is 5.11 Å². The maximum absolute atomic E-state index is 12.9. The number of hydrogen-bond acceptors (Lipinski definition) is 3. The van der Waals surface area contributed by atoms with Gasteiger partial charge in [0, 0.05) is 6.42 Å². The van der Waals surface area contributed by atoms with Crippen molar-refractivity contribution in [3.63, 3.8) is 0 Å². The van der Waals surface area contributed by atoms with Crippen molar-refractivity contribution in [1.82, 2.24) is 4.90 Å². The summed E-state index contributed by atoms with van der Waals surface area (Å²) in [6.45, 7) is 0. The molecular weight excluding hydrogens is 282 g/mol. The number of carbonyl (C=O) groups excluding carboxylic acids is 2. The molecule has 1 N–H and O–H groups in total. The molecule has 22 heavy (non-hydrogen) atoms. The monoisotopic (exact) mass is 301 g/mol. The van der Waals surface area contributed by atoms with Crippen LogP contribution in [0.15, 0.2) is 30.3 Å². The summed E-state index contributed by atoms with van der Waals surface area (Å²) >= 11 is 0. The minimum atomic E-state index is -1.22. The van der Waals surface area contributed by atoms with Crippen molar-refractivity contribution in [2.75, 3.05) is 0 Å². The molecule has 2 aliphatic rings. The molecule has 1 atom stereocenters. The van der Waals surface area contributed by atoms with Gasteiger partial charge in [-0.25, -0.2) is 4.79 Å². The van der Waals surface area contributed by atoms with E-state index in [0.29, 0.717) is 18.4 Å². The van der Waals surface area contributed by atoms with Crippen LogP contribution in [0.4, 0.5) is 0 Å². The van der Waals surface area contributed by atoms with Gasteiger partial charge in [-0.15, -0.1) is 0 Å². The lowest BCUT2D eigenvalue weighted by atomic mass is 9.73. The third-order valence-corrected chi connectivity index (χ3v) is 4.85. The van der Waals surface area contributed by atoms with Crippen LogP contribution in [0.1, 0.15) is 50.1 Å². The van der Waals surface area contributed by atoms with Crippen LogP contribution < -0.4 is 0 Å². The van der Waals surface area contributed by atoms with Gasteiger partial charge in [-0.1, -0.05) is 49.6 Å². The number of aliphatic carboxylic acids is 1. The normalized spacial score (nSPS) is 22.1. The maximum atomic E-state index is 12.9. The van der Waals surface area contributed by atoms with E-state index in [-0.39, 0.29) is 18.2 Å². The lowest BCUT2D eigenvalue weighted by Crippen LogP contribution is -2.42. The number of imide groups is 1. The minimum Gasteiger partial charge on any atom is -0.479 e. The number of amides is 2. The molecule has 0 aromatic heterocycles. The standard InChI is InChI=1S/C17H19NO4/c19-13-11-17(9-5-2-6-10-17)16(22)18(13)14(15(20)21)12-7-3-1-4-8-12/h1,3-4,7-8,14H,2,5-6,9-11H2,(H,20,21)/t14-/m0/s1. The molecule has 116 valence electrons. The second-order valence-corrected chi connectivity index (χ2v) is 6.24. The van der Waals surface area contributed by atoms with E-state index in [2.05, 4.69) is 0 Å². The molecule has 0 bridgehead atoms. The van der Waals surface area contributed by atoms with E-state index in [1.807, 2.05) is 0 Å². The molecule has 1 aromatic carbocycles. The lowest BCUT2D eigenvalue weighted by molar-refractivity contribution is -0.156. The number of carboxylic acids is 1. The number of carboxylic acid groups (broad SMARTS) is 1. The Morgan fingerprint density at radius 2 is 1.73 bits per heavy atom. The number of nitrogens with zero attached hydrogens (tertiary/aromatic N) is 1. The van der Waals surface area contributed by atoms with Gasteiger partial charge in [-0.2, -0.15) is 0 Å². The summed E-state index contributed by atoms with van der Waals surface area (Å²) in [6, 6.07) is 7.27. The van der Waals surface area contributed by atoms with E-state index >= 15 is 0 Å². The first-order chi connectivity index (χ1) is 10.6. The smallest absolute Gasteiger partial charge is 0.331 e. The average molecular weight is 301 g/mol. The highest BCUT2D eigenvalue weighted by Gasteiger charge is 2.54. The molecular formula is C17H19NO4. The summed E-state index contributed by atoms with van der Waals surface area (Å²) in [4.78, 5) is 38.0. The summed E-state index contributed by atoms with van der Waals surface area (Å²) < 4.78 is 0. The fraction of sp³-hybridized carbons (Fsp3) is 0.471. The van der Waals surface area contributed by atoms with E-state index in [0.717, 1.165) is 24.2 Å². The van der Waals surface area contributed by atoms with Crippen molar-refractivity contribution in [3.05, 3.63) is 35.9 Å². The fourth-order valence-corrected chi connectivity index (χ4v) is 3.74. The Morgan fingerprint density at radius 3 is 2.32 bits per heavy atom. The summed E-state index contributed by atoms with van der Waals surface area (Å²) in [5.74, 6) is -1.82. The van der Waals surface area contributed by atoms with Crippen molar-refractivity contribution < 1.29 is 19.5 Å². The first-order valence-corrected chi connectivity index (χ1v) is 7.69. The van der Waals surface area contributed by atoms with Crippen LogP contribution in [0.3, 0.4) is 0 Å². The van der Waals surface area contributed by atoms with Gasteiger partial charge in [-0.3, -0.25) is 14.5 Å². The molecule has 1 heterocycles. The largest absolute Gasteiger partial charge is 0.479 e. The zero-order chi connectivity index (χ0) is 15.7. The highest BCUT2D eigenvalue weighted by atomic mass is 16.4. The molecule has 0 unspecified atom stereocenters. The van der Waals surface area contributed by atoms with Crippen molar-refractivity contribution in [1.29, 1.82) is 0 Å². The third-order valence-electron chi connectivity index (χ3n) is 4.85. The van der Waals surface area contributed by atoms with Gasteiger partial charge in [0.05, 0.1) is 5.41 Å². The van der Waals surface area contributed by atoms with Crippen LogP contribution in [0.5, 0.6) is 0 Å². The Labute approximate surface area is 128 Å². The third kappa shape index (κ3) is 2.30. The van der Waals surface area contributed by atoms with Crippen molar-refractivity contribution in [3.8, 4) is 0 Å². The van der Waals surface area contributed by atoms with Crippen LogP contribution >= 0.6 is 0 Å². The number of carbonyl (C=O) groups is 3. The van der Waals surface area contributed by atoms with E-state index in [1.54, 1.807) is 30.3 Å². The molecule has 0 radical (unpaired) electrons. The van der Waals surface area contributed by atoms with Crippen molar-refractivity contribution >= 4 is 17.8 Å². The SMILES string of the molecule is O=C(O)[C@H](c1ccccc1)N1C(=O)CC2(CCCCC2)C1=O. The summed E-state index contributed by atoms with van der Waals surface area (Å²) in [5.41, 5.74) is -0.192. The Balaban J connectivity index is 1.97. The number of benzene rings is 1. The molecule has 1 saturated carbocycles. The molecule has 1 spiro atoms. The van der Waals surface area contributed by atoms with Crippen LogP contribution in [0.25, 0.3) is 0 Å². The topological polar surface area (TPSA) is 74.7 Å². The zero-order valence-electron chi connectivity index (χ0n) is 12.3. The van der Waals surface area contributed by atoms with Gasteiger partial charge in [0.1, 0.15) is 0 Å². The highest BCUT2D eigenvalue weighted by Crippen LogP contribution is 2.47. The lowest BCUT2D eigenvalue weighted by Gasteiger charge is -2.31. The van der Waals surface area contributed by atoms with Gasteiger partial charge >= 0.3 is 5.97 Å². The Bertz CT molecular complexity index is 604. The first kappa shape index (κ1) is 14.8. The average Bonchev–Trinajstić information content (AvgIpc) is 2.74. The highest BCUT2D eigenvalue weighted by molar-refractivity contribution is 6.08. The quantitative estimate of drug-likeness (QED) is 0.871. The molecule has 2 amide bonds. The number of hydrogen-bond donors (Lipinski definition) is 1. The Morgan fingerprint density at radius 1 is 1.09 bits per heavy atom. The van der Waals surface area contributed by atoms with E-state index in [4.69, 9.17) is 0 Å². The van der Waals surface area contributed by atoms with E-state index in [9.17, 15) is 19.5 Å². The minimum absolute atomic E-state index is 0.155. The van der Waals surface area contributed by atoms with Crippen LogP contribution in [0.2, 0.25) is 0 Å². The first-order valence-electron chi connectivity index (χ1n) is 7.69. The Kier molecular flexibility index (Phi) is 3.72. The van der Waals surface area contributed by atoms with Gasteiger partial charge in [0.2, 0.25) is 11.8 Å². The second-order valence-electron chi connectivity index (χ2n) is 6.24. The van der Waals surface area contributed by atoms with Gasteiger partial charge in [0.15, 0.2) is 6.04 Å². The molecule has 5 nitrogen and oxygen atoms in total. The fourth-order valence-electron chi connectivity index (χ4n) is 3.74. The van der Waals surface area contributed by atoms with E-state index < -0.39 is 17.4 Å². The van der Waals surface area contributed by atoms with Gasteiger partial charge in [-0.05, 0) is 18.4 Å². The van der Waals surface area contributed by atoms with Crippen molar-refractivity contribution in [2.24, 2.45) is 5.41 Å².